The van der Waals surface area contributed by atoms with Crippen molar-refractivity contribution in [3.8, 4) is 22.8 Å². The lowest BCUT2D eigenvalue weighted by Crippen LogP contribution is -2.60. The van der Waals surface area contributed by atoms with Crippen LogP contribution in [0.4, 0.5) is 4.39 Å². The quantitative estimate of drug-likeness (QED) is 0.596. The molecule has 0 radical (unpaired) electrons. The van der Waals surface area contributed by atoms with Crippen molar-refractivity contribution in [1.29, 1.82) is 0 Å². The molecule has 8 nitrogen and oxygen atoms in total. The lowest BCUT2D eigenvalue weighted by atomic mass is 9.72. The number of benzene rings is 2. The molecule has 0 unspecified atom stereocenters. The van der Waals surface area contributed by atoms with Gasteiger partial charge >= 0.3 is 0 Å². The molecule has 2 aliphatic heterocycles. The highest BCUT2D eigenvalue weighted by Gasteiger charge is 2.56. The first-order valence-electron chi connectivity index (χ1n) is 11.7. The second-order valence-electron chi connectivity index (χ2n) is 9.41. The molecule has 1 amide bonds. The molecule has 2 aromatic carbocycles. The third-order valence-electron chi connectivity index (χ3n) is 7.20. The zero-order valence-corrected chi connectivity index (χ0v) is 19.2. The van der Waals surface area contributed by atoms with Crippen LogP contribution in [0.15, 0.2) is 64.5 Å². The normalized spacial score (nSPS) is 26.3. The summed E-state index contributed by atoms with van der Waals surface area (Å²) >= 11 is 0. The Labute approximate surface area is 201 Å². The summed E-state index contributed by atoms with van der Waals surface area (Å²) in [6.07, 6.45) is 5.54. The molecule has 3 atom stereocenters. The molecule has 3 heterocycles. The summed E-state index contributed by atoms with van der Waals surface area (Å²) in [7, 11) is 1.60. The van der Waals surface area contributed by atoms with E-state index < -0.39 is 17.3 Å². The smallest absolute Gasteiger partial charge is 0.235 e. The SMILES string of the molecule is CN1C(=O)[C@@H]2C[C@H](C3CC3)OC[C@]2(c2cc(Oc3cccc(-c4cocn4)c3)ccc2F)N=C1N. The number of aliphatic imine (C=N–C) groups is 1. The summed E-state index contributed by atoms with van der Waals surface area (Å²) in [6, 6.07) is 11.8. The van der Waals surface area contributed by atoms with Gasteiger partial charge in [0.15, 0.2) is 12.4 Å². The van der Waals surface area contributed by atoms with Crippen LogP contribution in [0, 0.1) is 17.7 Å². The van der Waals surface area contributed by atoms with E-state index in [0.29, 0.717) is 29.5 Å². The van der Waals surface area contributed by atoms with Crippen LogP contribution in [0.25, 0.3) is 11.3 Å². The van der Waals surface area contributed by atoms with E-state index in [-0.39, 0.29) is 30.1 Å². The maximum atomic E-state index is 15.4. The first-order chi connectivity index (χ1) is 16.9. The summed E-state index contributed by atoms with van der Waals surface area (Å²) in [6.45, 7) is 0.0845. The topological polar surface area (TPSA) is 103 Å². The van der Waals surface area contributed by atoms with Gasteiger partial charge in [0.1, 0.15) is 34.8 Å². The van der Waals surface area contributed by atoms with Crippen LogP contribution in [0.2, 0.25) is 0 Å². The van der Waals surface area contributed by atoms with Crippen LogP contribution in [0.5, 0.6) is 11.5 Å². The number of aromatic nitrogens is 1. The number of carbonyl (C=O) groups excluding carboxylic acids is 1. The van der Waals surface area contributed by atoms with Gasteiger partial charge in [0.05, 0.1) is 18.6 Å². The van der Waals surface area contributed by atoms with Gasteiger partial charge in [-0.3, -0.25) is 9.69 Å². The van der Waals surface area contributed by atoms with Gasteiger partial charge in [-0.1, -0.05) is 12.1 Å². The van der Waals surface area contributed by atoms with Crippen molar-refractivity contribution in [1.82, 2.24) is 9.88 Å². The van der Waals surface area contributed by atoms with Gasteiger partial charge in [-0.05, 0) is 55.5 Å². The molecule has 1 aromatic heterocycles. The number of guanidine groups is 1. The number of fused-ring (bicyclic) bond motifs is 1. The Balaban J connectivity index is 1.37. The van der Waals surface area contributed by atoms with Crippen LogP contribution in [0.1, 0.15) is 24.8 Å². The van der Waals surface area contributed by atoms with E-state index in [2.05, 4.69) is 9.98 Å². The van der Waals surface area contributed by atoms with E-state index in [0.717, 1.165) is 18.4 Å². The van der Waals surface area contributed by atoms with Gasteiger partial charge in [0, 0.05) is 18.2 Å². The zero-order valence-electron chi connectivity index (χ0n) is 19.2. The number of rotatable bonds is 5. The molecule has 35 heavy (non-hydrogen) atoms. The predicted octanol–water partition coefficient (Wildman–Crippen LogP) is 4.07. The number of ether oxygens (including phenoxy) is 2. The van der Waals surface area contributed by atoms with Crippen molar-refractivity contribution in [2.75, 3.05) is 13.7 Å². The van der Waals surface area contributed by atoms with E-state index in [9.17, 15) is 4.79 Å². The Morgan fingerprint density at radius 3 is 2.80 bits per heavy atom. The van der Waals surface area contributed by atoms with Crippen LogP contribution < -0.4 is 10.5 Å². The fourth-order valence-corrected chi connectivity index (χ4v) is 5.10. The number of halogens is 1. The molecule has 1 aliphatic carbocycles. The minimum Gasteiger partial charge on any atom is -0.457 e. The summed E-state index contributed by atoms with van der Waals surface area (Å²) in [5.74, 6) is 0.235. The molecule has 3 aliphatic rings. The van der Waals surface area contributed by atoms with E-state index in [1.807, 2.05) is 18.2 Å². The average Bonchev–Trinajstić information content (AvgIpc) is 3.57. The highest BCUT2D eigenvalue weighted by Crippen LogP contribution is 2.50. The van der Waals surface area contributed by atoms with Gasteiger partial charge < -0.3 is 19.6 Å². The summed E-state index contributed by atoms with van der Waals surface area (Å²) in [5, 5.41) is 0. The molecule has 1 saturated carbocycles. The molecule has 1 saturated heterocycles. The molecule has 3 aromatic rings. The van der Waals surface area contributed by atoms with Crippen molar-refractivity contribution >= 4 is 11.9 Å². The Kier molecular flexibility index (Phi) is 5.10. The van der Waals surface area contributed by atoms with E-state index in [1.165, 1.54) is 17.4 Å². The number of hydrogen-bond acceptors (Lipinski definition) is 7. The van der Waals surface area contributed by atoms with Gasteiger partial charge in [0.25, 0.3) is 0 Å². The zero-order chi connectivity index (χ0) is 24.2. The molecular weight excluding hydrogens is 451 g/mol. The Morgan fingerprint density at radius 2 is 2.03 bits per heavy atom. The molecule has 0 spiro atoms. The molecule has 180 valence electrons. The first kappa shape index (κ1) is 21.8. The Bertz CT molecular complexity index is 1310. The van der Waals surface area contributed by atoms with Crippen molar-refractivity contribution in [3.05, 3.63) is 66.5 Å². The fraction of sp³-hybridized carbons (Fsp3) is 0.346. The summed E-state index contributed by atoms with van der Waals surface area (Å²) in [4.78, 5) is 23.5. The monoisotopic (exact) mass is 476 g/mol. The Morgan fingerprint density at radius 1 is 1.20 bits per heavy atom. The fourth-order valence-electron chi connectivity index (χ4n) is 5.10. The van der Waals surface area contributed by atoms with Crippen LogP contribution in [-0.2, 0) is 15.1 Å². The van der Waals surface area contributed by atoms with Crippen LogP contribution >= 0.6 is 0 Å². The number of carbonyl (C=O) groups is 1. The van der Waals surface area contributed by atoms with Crippen molar-refractivity contribution in [3.63, 3.8) is 0 Å². The highest BCUT2D eigenvalue weighted by atomic mass is 19.1. The molecule has 2 fully saturated rings. The summed E-state index contributed by atoms with van der Waals surface area (Å²) < 4.78 is 32.7. The molecule has 2 N–H and O–H groups in total. The number of nitrogens with two attached hydrogens (primary N) is 1. The first-order valence-corrected chi connectivity index (χ1v) is 11.7. The standard InChI is InChI=1S/C26H25FN4O4/c1-31-24(32)20-11-23(15-5-6-15)34-13-26(20,30-25(31)28)19-10-18(7-8-21(19)27)35-17-4-2-3-16(9-17)22-12-33-14-29-22/h2-4,7-10,12,14-15,20,23H,5-6,11,13H2,1H3,(H2,28,30)/t20-,23+,26+/m0/s1. The average molecular weight is 477 g/mol. The second kappa shape index (κ2) is 8.20. The van der Waals surface area contributed by atoms with Crippen molar-refractivity contribution in [2.45, 2.75) is 30.9 Å². The highest BCUT2D eigenvalue weighted by molar-refractivity contribution is 6.00. The minimum atomic E-state index is -1.24. The summed E-state index contributed by atoms with van der Waals surface area (Å²) in [5.41, 5.74) is 6.61. The third-order valence-corrected chi connectivity index (χ3v) is 7.20. The van der Waals surface area contributed by atoms with Gasteiger partial charge in [0.2, 0.25) is 5.91 Å². The molecule has 9 heteroatoms. The maximum absolute atomic E-state index is 15.4. The lowest BCUT2D eigenvalue weighted by molar-refractivity contribution is -0.146. The van der Waals surface area contributed by atoms with Crippen LogP contribution in [-0.4, -0.2) is 41.5 Å². The second-order valence-corrected chi connectivity index (χ2v) is 9.41. The molecular formula is C26H25FN4O4. The maximum Gasteiger partial charge on any atom is 0.235 e. The van der Waals surface area contributed by atoms with E-state index in [1.54, 1.807) is 31.5 Å². The van der Waals surface area contributed by atoms with Gasteiger partial charge in [-0.2, -0.15) is 0 Å². The largest absolute Gasteiger partial charge is 0.457 e. The number of nitrogens with zero attached hydrogens (tertiary/aromatic N) is 3. The molecule has 6 rings (SSSR count). The van der Waals surface area contributed by atoms with E-state index >= 15 is 4.39 Å². The predicted molar refractivity (Wildman–Crippen MR) is 125 cm³/mol. The van der Waals surface area contributed by atoms with Crippen molar-refractivity contribution < 1.29 is 23.1 Å². The lowest BCUT2D eigenvalue weighted by Gasteiger charge is -2.47. The van der Waals surface area contributed by atoms with E-state index in [4.69, 9.17) is 19.6 Å². The number of amides is 1. The minimum absolute atomic E-state index is 0.0261. The number of oxazole rings is 1. The third kappa shape index (κ3) is 3.76. The van der Waals surface area contributed by atoms with Gasteiger partial charge in [-0.25, -0.2) is 14.4 Å². The van der Waals surface area contributed by atoms with Crippen molar-refractivity contribution in [2.24, 2.45) is 22.6 Å². The van der Waals surface area contributed by atoms with Gasteiger partial charge in [-0.15, -0.1) is 0 Å². The van der Waals surface area contributed by atoms with Crippen LogP contribution in [0.3, 0.4) is 0 Å². The number of hydrogen-bond donors (Lipinski definition) is 1. The molecule has 0 bridgehead atoms. The Hall–Kier alpha value is -3.72.